The number of rotatable bonds is 14. The molecule has 0 aliphatic carbocycles. The van der Waals surface area contributed by atoms with E-state index in [2.05, 4.69) is 19.1 Å². The molecule has 4 aromatic rings. The van der Waals surface area contributed by atoms with E-state index in [-0.39, 0.29) is 26.3 Å². The Morgan fingerprint density at radius 3 is 2.46 bits per heavy atom. The summed E-state index contributed by atoms with van der Waals surface area (Å²) in [4.78, 5) is 13.9. The number of carboxylic acids is 1. The van der Waals surface area contributed by atoms with Crippen LogP contribution in [0.15, 0.2) is 84.9 Å². The third-order valence-corrected chi connectivity index (χ3v) is 8.29. The van der Waals surface area contributed by atoms with Crippen molar-refractivity contribution in [2.24, 2.45) is 0 Å². The van der Waals surface area contributed by atoms with Crippen LogP contribution < -0.4 is 14.2 Å². The number of aliphatic hydroxyl groups excluding tert-OH is 1. The molecule has 9 heteroatoms. The average molecular weight is 623 g/mol. The molecule has 0 saturated heterocycles. The van der Waals surface area contributed by atoms with Gasteiger partial charge in [-0.05, 0) is 83.6 Å². The minimum Gasteiger partial charge on any atom is -0.489 e. The Bertz CT molecular complexity index is 1700. The molecular formula is C37H38N2O7. The number of aliphatic carboxylic acids is 1. The quantitative estimate of drug-likeness (QED) is 0.170. The first-order chi connectivity index (χ1) is 22.3. The Balaban J connectivity index is 1.21. The third kappa shape index (κ3) is 7.66. The number of fused-ring (bicyclic) bond motifs is 1. The lowest BCUT2D eigenvalue weighted by molar-refractivity contribution is -0.154. The lowest BCUT2D eigenvalue weighted by atomic mass is 9.96. The van der Waals surface area contributed by atoms with Crippen molar-refractivity contribution in [3.05, 3.63) is 113 Å². The van der Waals surface area contributed by atoms with Crippen molar-refractivity contribution in [3.63, 3.8) is 0 Å². The number of ether oxygens (including phenoxy) is 4. The van der Waals surface area contributed by atoms with Crippen molar-refractivity contribution in [3.8, 4) is 34.4 Å². The third-order valence-electron chi connectivity index (χ3n) is 8.29. The van der Waals surface area contributed by atoms with E-state index >= 15 is 0 Å². The van der Waals surface area contributed by atoms with Gasteiger partial charge in [-0.2, -0.15) is 5.26 Å². The number of nitrogens with zero attached hydrogens (tertiary/aromatic N) is 2. The van der Waals surface area contributed by atoms with Crippen LogP contribution in [0.25, 0.3) is 11.1 Å². The molecule has 0 amide bonds. The molecule has 0 radical (unpaired) electrons. The first kappa shape index (κ1) is 32.5. The molecule has 46 heavy (non-hydrogen) atoms. The number of hydrogen-bond acceptors (Lipinski definition) is 8. The summed E-state index contributed by atoms with van der Waals surface area (Å²) in [5.74, 6) is 1.08. The van der Waals surface area contributed by atoms with Gasteiger partial charge >= 0.3 is 5.97 Å². The maximum atomic E-state index is 12.2. The molecule has 4 aromatic carbocycles. The number of benzene rings is 4. The smallest absolute Gasteiger partial charge is 0.326 e. The van der Waals surface area contributed by atoms with Gasteiger partial charge in [0.15, 0.2) is 11.5 Å². The minimum absolute atomic E-state index is 0.242. The molecule has 0 spiro atoms. The molecule has 0 fully saturated rings. The van der Waals surface area contributed by atoms with E-state index in [0.717, 1.165) is 44.9 Å². The Morgan fingerprint density at radius 2 is 1.72 bits per heavy atom. The van der Waals surface area contributed by atoms with Gasteiger partial charge in [-0.3, -0.25) is 9.69 Å². The number of nitriles is 1. The number of hydrogen-bond donors (Lipinski definition) is 2. The van der Waals surface area contributed by atoms with Gasteiger partial charge in [0.25, 0.3) is 0 Å². The molecule has 1 aliphatic heterocycles. The molecule has 238 valence electrons. The van der Waals surface area contributed by atoms with E-state index < -0.39 is 18.1 Å². The minimum atomic E-state index is -1.50. The Morgan fingerprint density at radius 1 is 0.957 bits per heavy atom. The topological polar surface area (TPSA) is 121 Å². The summed E-state index contributed by atoms with van der Waals surface area (Å²) in [6.45, 7) is 5.59. The van der Waals surface area contributed by atoms with Gasteiger partial charge in [0.2, 0.25) is 0 Å². The maximum Gasteiger partial charge on any atom is 0.326 e. The molecule has 9 nitrogen and oxygen atoms in total. The zero-order valence-corrected chi connectivity index (χ0v) is 26.1. The first-order valence-corrected chi connectivity index (χ1v) is 15.2. The van der Waals surface area contributed by atoms with E-state index in [4.69, 9.17) is 24.2 Å². The summed E-state index contributed by atoms with van der Waals surface area (Å²) in [5.41, 5.74) is 5.09. The monoisotopic (exact) mass is 622 g/mol. The summed E-state index contributed by atoms with van der Waals surface area (Å²) in [5, 5.41) is 29.1. The molecule has 0 aromatic heterocycles. The highest BCUT2D eigenvalue weighted by Crippen LogP contribution is 2.36. The van der Waals surface area contributed by atoms with E-state index in [1.165, 1.54) is 6.92 Å². The average Bonchev–Trinajstić information content (AvgIpc) is 3.09. The van der Waals surface area contributed by atoms with Crippen molar-refractivity contribution in [2.45, 2.75) is 39.1 Å². The second-order valence-electron chi connectivity index (χ2n) is 11.4. The van der Waals surface area contributed by atoms with Gasteiger partial charge in [0.05, 0.1) is 31.5 Å². The number of carbonyl (C=O) groups is 1. The first-order valence-electron chi connectivity index (χ1n) is 15.2. The van der Waals surface area contributed by atoms with Gasteiger partial charge in [-0.25, -0.2) is 0 Å². The van der Waals surface area contributed by atoms with Crippen LogP contribution in [0.3, 0.4) is 0 Å². The van der Waals surface area contributed by atoms with Crippen molar-refractivity contribution in [1.29, 1.82) is 5.26 Å². The lowest BCUT2D eigenvalue weighted by Gasteiger charge is -2.36. The van der Waals surface area contributed by atoms with Crippen molar-refractivity contribution in [1.82, 2.24) is 4.90 Å². The molecule has 0 unspecified atom stereocenters. The highest BCUT2D eigenvalue weighted by Gasteiger charge is 2.39. The predicted molar refractivity (Wildman–Crippen MR) is 173 cm³/mol. The fourth-order valence-corrected chi connectivity index (χ4v) is 5.33. The van der Waals surface area contributed by atoms with Crippen LogP contribution in [0.5, 0.6) is 17.2 Å². The normalized spacial score (nSPS) is 13.5. The molecular weight excluding hydrogens is 584 g/mol. The van der Waals surface area contributed by atoms with E-state index in [9.17, 15) is 15.0 Å². The van der Waals surface area contributed by atoms with Crippen LogP contribution in [-0.2, 0) is 29.3 Å². The largest absolute Gasteiger partial charge is 0.489 e. The predicted octanol–water partition coefficient (Wildman–Crippen LogP) is 5.74. The van der Waals surface area contributed by atoms with E-state index in [1.54, 1.807) is 23.1 Å². The van der Waals surface area contributed by atoms with Gasteiger partial charge in [0.1, 0.15) is 31.1 Å². The summed E-state index contributed by atoms with van der Waals surface area (Å²) in [6, 6.07) is 28.9. The maximum absolute atomic E-state index is 12.2. The van der Waals surface area contributed by atoms with E-state index in [1.807, 2.05) is 60.7 Å². The fraction of sp³-hybridized carbons (Fsp3) is 0.297. The molecule has 1 heterocycles. The second-order valence-corrected chi connectivity index (χ2v) is 11.4. The molecule has 0 saturated carbocycles. The summed E-state index contributed by atoms with van der Waals surface area (Å²) < 4.78 is 23.4. The van der Waals surface area contributed by atoms with Crippen molar-refractivity contribution in [2.75, 3.05) is 33.0 Å². The molecule has 5 rings (SSSR count). The summed E-state index contributed by atoms with van der Waals surface area (Å²) in [6.07, 6.45) is 0. The van der Waals surface area contributed by atoms with Crippen LogP contribution in [0.1, 0.15) is 34.7 Å². The van der Waals surface area contributed by atoms with Crippen LogP contribution in [0.4, 0.5) is 0 Å². The molecule has 1 atom stereocenters. The number of carboxylic acid groups (broad SMARTS) is 1. The van der Waals surface area contributed by atoms with Crippen LogP contribution in [0.2, 0.25) is 0 Å². The second kappa shape index (κ2) is 14.9. The van der Waals surface area contributed by atoms with Gasteiger partial charge < -0.3 is 29.2 Å². The summed E-state index contributed by atoms with van der Waals surface area (Å²) in [7, 11) is 0. The number of aliphatic hydroxyl groups is 1. The highest BCUT2D eigenvalue weighted by molar-refractivity contribution is 5.78. The standard InChI is InChI=1S/C37H38N2O7/c1-26-31(7-4-8-33(26)30-11-14-34-35(20-30)45-18-17-44-34)24-46-32-12-9-27(10-13-32)22-39(37(2,25-40)36(41)42)15-16-43-23-29-6-3-5-28(19-29)21-38/h3-14,19-20,40H,15-18,22-25H2,1-2H3,(H,41,42)/t37-/m0/s1. The summed E-state index contributed by atoms with van der Waals surface area (Å²) >= 11 is 0. The van der Waals surface area contributed by atoms with Gasteiger partial charge in [-0.15, -0.1) is 0 Å². The van der Waals surface area contributed by atoms with Gasteiger partial charge in [-0.1, -0.05) is 48.5 Å². The van der Waals surface area contributed by atoms with Crippen LogP contribution >= 0.6 is 0 Å². The van der Waals surface area contributed by atoms with Crippen LogP contribution in [-0.4, -0.2) is 59.6 Å². The zero-order chi connectivity index (χ0) is 32.5. The Labute approximate surface area is 269 Å². The molecule has 2 N–H and O–H groups in total. The Hall–Kier alpha value is -4.88. The van der Waals surface area contributed by atoms with Gasteiger partial charge in [0, 0.05) is 13.1 Å². The fourth-order valence-electron chi connectivity index (χ4n) is 5.33. The SMILES string of the molecule is Cc1c(COc2ccc(CN(CCOCc3cccc(C#N)c3)[C@@](C)(CO)C(=O)O)cc2)cccc1-c1ccc2c(c1)OCCO2. The molecule has 1 aliphatic rings. The van der Waals surface area contributed by atoms with E-state index in [0.29, 0.717) is 31.1 Å². The zero-order valence-electron chi connectivity index (χ0n) is 26.1. The Kier molecular flexibility index (Phi) is 10.6. The lowest BCUT2D eigenvalue weighted by Crippen LogP contribution is -2.55. The highest BCUT2D eigenvalue weighted by atomic mass is 16.6. The van der Waals surface area contributed by atoms with Crippen LogP contribution in [0, 0.1) is 18.3 Å². The van der Waals surface area contributed by atoms with Crippen molar-refractivity contribution < 1.29 is 34.0 Å². The molecule has 0 bridgehead atoms. The van der Waals surface area contributed by atoms with Crippen molar-refractivity contribution >= 4 is 5.97 Å².